The van der Waals surface area contributed by atoms with Gasteiger partial charge in [-0.2, -0.15) is 0 Å². The molecule has 0 saturated carbocycles. The predicted molar refractivity (Wildman–Crippen MR) is 74.8 cm³/mol. The maximum atomic E-state index is 11.8. The van der Waals surface area contributed by atoms with Crippen molar-refractivity contribution in [3.63, 3.8) is 0 Å². The van der Waals surface area contributed by atoms with E-state index in [1.165, 1.54) is 6.08 Å². The summed E-state index contributed by atoms with van der Waals surface area (Å²) in [7, 11) is 1.80. The lowest BCUT2D eigenvalue weighted by atomic mass is 10.3. The number of ether oxygens (including phenoxy) is 1. The quantitative estimate of drug-likeness (QED) is 0.707. The molecule has 1 rings (SSSR count). The lowest BCUT2D eigenvalue weighted by Gasteiger charge is -2.13. The van der Waals surface area contributed by atoms with Crippen molar-refractivity contribution in [3.05, 3.63) is 24.0 Å². The SMILES string of the molecule is CCCCN(C)C(=O)/C=C/c1cnc(OCC)nc1. The van der Waals surface area contributed by atoms with E-state index in [-0.39, 0.29) is 5.91 Å². The Labute approximate surface area is 114 Å². The molecule has 19 heavy (non-hydrogen) atoms. The van der Waals surface area contributed by atoms with E-state index >= 15 is 0 Å². The third-order valence-corrected chi connectivity index (χ3v) is 2.56. The number of aromatic nitrogens is 2. The third kappa shape index (κ3) is 5.50. The first-order chi connectivity index (χ1) is 9.17. The second-order valence-corrected chi connectivity index (χ2v) is 4.18. The van der Waals surface area contributed by atoms with Gasteiger partial charge in [0.25, 0.3) is 0 Å². The van der Waals surface area contributed by atoms with E-state index in [4.69, 9.17) is 4.74 Å². The summed E-state index contributed by atoms with van der Waals surface area (Å²) in [5, 5.41) is 0. The van der Waals surface area contributed by atoms with Crippen molar-refractivity contribution in [3.8, 4) is 6.01 Å². The summed E-state index contributed by atoms with van der Waals surface area (Å²) in [4.78, 5) is 21.5. The Balaban J connectivity index is 2.53. The molecule has 0 aromatic carbocycles. The highest BCUT2D eigenvalue weighted by Crippen LogP contribution is 2.04. The van der Waals surface area contributed by atoms with E-state index in [0.717, 1.165) is 24.9 Å². The topological polar surface area (TPSA) is 55.3 Å². The number of carbonyl (C=O) groups excluding carboxylic acids is 1. The number of rotatable bonds is 7. The van der Waals surface area contributed by atoms with E-state index in [0.29, 0.717) is 12.6 Å². The molecule has 0 atom stereocenters. The number of nitrogens with zero attached hydrogens (tertiary/aromatic N) is 3. The Morgan fingerprint density at radius 3 is 2.63 bits per heavy atom. The van der Waals surface area contributed by atoms with Gasteiger partial charge in [-0.1, -0.05) is 13.3 Å². The van der Waals surface area contributed by atoms with Crippen LogP contribution in [0, 0.1) is 0 Å². The summed E-state index contributed by atoms with van der Waals surface area (Å²) >= 11 is 0. The van der Waals surface area contributed by atoms with Crippen LogP contribution in [0.15, 0.2) is 18.5 Å². The molecule has 1 heterocycles. The average Bonchev–Trinajstić information content (AvgIpc) is 2.44. The summed E-state index contributed by atoms with van der Waals surface area (Å²) in [6, 6.07) is 0.353. The lowest BCUT2D eigenvalue weighted by Crippen LogP contribution is -2.25. The molecule has 1 aromatic heterocycles. The van der Waals surface area contributed by atoms with Gasteiger partial charge < -0.3 is 9.64 Å². The van der Waals surface area contributed by atoms with Gasteiger partial charge in [-0.3, -0.25) is 4.79 Å². The maximum absolute atomic E-state index is 11.8. The summed E-state index contributed by atoms with van der Waals surface area (Å²) in [5.41, 5.74) is 0.778. The molecular formula is C14H21N3O2. The molecule has 0 fully saturated rings. The van der Waals surface area contributed by atoms with Gasteiger partial charge in [0.1, 0.15) is 0 Å². The minimum atomic E-state index is -0.0117. The van der Waals surface area contributed by atoms with Crippen LogP contribution < -0.4 is 4.74 Å². The molecular weight excluding hydrogens is 242 g/mol. The average molecular weight is 263 g/mol. The molecule has 0 unspecified atom stereocenters. The summed E-state index contributed by atoms with van der Waals surface area (Å²) in [6.07, 6.45) is 8.60. The van der Waals surface area contributed by atoms with E-state index in [9.17, 15) is 4.79 Å². The molecule has 104 valence electrons. The highest BCUT2D eigenvalue weighted by atomic mass is 16.5. The molecule has 5 nitrogen and oxygen atoms in total. The molecule has 0 N–H and O–H groups in total. The first-order valence-electron chi connectivity index (χ1n) is 6.55. The van der Waals surface area contributed by atoms with Crippen LogP contribution in [0.25, 0.3) is 6.08 Å². The van der Waals surface area contributed by atoms with Crippen molar-refractivity contribution in [1.29, 1.82) is 0 Å². The normalized spacial score (nSPS) is 10.7. The van der Waals surface area contributed by atoms with E-state index in [1.54, 1.807) is 30.4 Å². The first kappa shape index (κ1) is 15.1. The second-order valence-electron chi connectivity index (χ2n) is 4.18. The fourth-order valence-electron chi connectivity index (χ4n) is 1.42. The van der Waals surface area contributed by atoms with Gasteiger partial charge in [0.05, 0.1) is 6.61 Å². The smallest absolute Gasteiger partial charge is 0.316 e. The maximum Gasteiger partial charge on any atom is 0.316 e. The van der Waals surface area contributed by atoms with Gasteiger partial charge in [-0.25, -0.2) is 9.97 Å². The Bertz CT molecular complexity index is 415. The van der Waals surface area contributed by atoms with Gasteiger partial charge in [-0.15, -0.1) is 0 Å². The molecule has 0 aliphatic heterocycles. The van der Waals surface area contributed by atoms with Crippen LogP contribution in [0.5, 0.6) is 6.01 Å². The van der Waals surface area contributed by atoms with Crippen LogP contribution in [0.2, 0.25) is 0 Å². The number of likely N-dealkylation sites (N-methyl/N-ethyl adjacent to an activating group) is 1. The van der Waals surface area contributed by atoms with Gasteiger partial charge in [0.2, 0.25) is 5.91 Å². The summed E-state index contributed by atoms with van der Waals surface area (Å²) in [6.45, 7) is 5.29. The number of amides is 1. The zero-order valence-corrected chi connectivity index (χ0v) is 11.8. The molecule has 0 saturated heterocycles. The molecule has 5 heteroatoms. The number of unbranched alkanes of at least 4 members (excludes halogenated alkanes) is 1. The highest BCUT2D eigenvalue weighted by Gasteiger charge is 2.03. The number of carbonyl (C=O) groups is 1. The van der Waals surface area contributed by atoms with Gasteiger partial charge >= 0.3 is 6.01 Å². The molecule has 0 bridgehead atoms. The van der Waals surface area contributed by atoms with Crippen molar-refractivity contribution in [2.45, 2.75) is 26.7 Å². The molecule has 1 amide bonds. The van der Waals surface area contributed by atoms with Crippen LogP contribution in [0.3, 0.4) is 0 Å². The molecule has 1 aromatic rings. The Hall–Kier alpha value is -1.91. The van der Waals surface area contributed by atoms with Crippen LogP contribution in [-0.4, -0.2) is 41.0 Å². The molecule has 0 aliphatic rings. The first-order valence-corrected chi connectivity index (χ1v) is 6.55. The lowest BCUT2D eigenvalue weighted by molar-refractivity contribution is -0.124. The Kier molecular flexibility index (Phi) is 6.57. The summed E-state index contributed by atoms with van der Waals surface area (Å²) < 4.78 is 5.15. The zero-order chi connectivity index (χ0) is 14.1. The van der Waals surface area contributed by atoms with Crippen molar-refractivity contribution in [2.75, 3.05) is 20.2 Å². The van der Waals surface area contributed by atoms with E-state index in [1.807, 2.05) is 6.92 Å². The predicted octanol–water partition coefficient (Wildman–Crippen LogP) is 2.15. The van der Waals surface area contributed by atoms with Gasteiger partial charge in [0, 0.05) is 37.6 Å². The van der Waals surface area contributed by atoms with Gasteiger partial charge in [0.15, 0.2) is 0 Å². The fourth-order valence-corrected chi connectivity index (χ4v) is 1.42. The van der Waals surface area contributed by atoms with Crippen LogP contribution >= 0.6 is 0 Å². The highest BCUT2D eigenvalue weighted by molar-refractivity contribution is 5.91. The van der Waals surface area contributed by atoms with Crippen LogP contribution in [0.4, 0.5) is 0 Å². The van der Waals surface area contributed by atoms with Crippen molar-refractivity contribution in [1.82, 2.24) is 14.9 Å². The summed E-state index contributed by atoms with van der Waals surface area (Å²) in [5.74, 6) is -0.0117. The zero-order valence-electron chi connectivity index (χ0n) is 11.8. The molecule has 0 aliphatic carbocycles. The van der Waals surface area contributed by atoms with Crippen molar-refractivity contribution < 1.29 is 9.53 Å². The largest absolute Gasteiger partial charge is 0.464 e. The van der Waals surface area contributed by atoms with E-state index < -0.39 is 0 Å². The van der Waals surface area contributed by atoms with Crippen LogP contribution in [0.1, 0.15) is 32.3 Å². The second kappa shape index (κ2) is 8.24. The number of hydrogen-bond donors (Lipinski definition) is 0. The Morgan fingerprint density at radius 2 is 2.05 bits per heavy atom. The van der Waals surface area contributed by atoms with Gasteiger partial charge in [-0.05, 0) is 19.4 Å². The monoisotopic (exact) mass is 263 g/mol. The van der Waals surface area contributed by atoms with E-state index in [2.05, 4.69) is 16.9 Å². The minimum absolute atomic E-state index is 0.0117. The molecule has 0 spiro atoms. The van der Waals surface area contributed by atoms with Crippen molar-refractivity contribution >= 4 is 12.0 Å². The fraction of sp³-hybridized carbons (Fsp3) is 0.500. The van der Waals surface area contributed by atoms with Crippen LogP contribution in [-0.2, 0) is 4.79 Å². The van der Waals surface area contributed by atoms with Crippen molar-refractivity contribution in [2.24, 2.45) is 0 Å². The molecule has 0 radical (unpaired) electrons. The number of hydrogen-bond acceptors (Lipinski definition) is 4. The standard InChI is InChI=1S/C14H21N3O2/c1-4-6-9-17(3)13(18)8-7-12-10-15-14(16-11-12)19-5-2/h7-8,10-11H,4-6,9H2,1-3H3/b8-7+. The third-order valence-electron chi connectivity index (χ3n) is 2.56. The Morgan fingerprint density at radius 1 is 1.37 bits per heavy atom. The minimum Gasteiger partial charge on any atom is -0.464 e.